The third-order valence-corrected chi connectivity index (χ3v) is 5.32. The molecule has 0 N–H and O–H groups in total. The lowest BCUT2D eigenvalue weighted by Crippen LogP contribution is -2.27. The lowest BCUT2D eigenvalue weighted by atomic mass is 9.96. The van der Waals surface area contributed by atoms with Crippen LogP contribution in [-0.4, -0.2) is 9.55 Å². The van der Waals surface area contributed by atoms with Gasteiger partial charge >= 0.3 is 0 Å². The summed E-state index contributed by atoms with van der Waals surface area (Å²) in [6, 6.07) is 22.7. The Morgan fingerprint density at radius 1 is 1.00 bits per heavy atom. The first kappa shape index (κ1) is 17.9. The highest BCUT2D eigenvalue weighted by atomic mass is 16.5. The number of rotatable bonds is 2. The first-order valence-electron chi connectivity index (χ1n) is 9.61. The molecule has 0 bridgehead atoms. The number of aromatic nitrogens is 2. The Balaban J connectivity index is 1.89. The molecule has 0 amide bonds. The van der Waals surface area contributed by atoms with Gasteiger partial charge in [-0.15, -0.1) is 0 Å². The smallest absolute Gasteiger partial charge is 0.263 e. The van der Waals surface area contributed by atoms with Crippen LogP contribution in [-0.2, 0) is 6.61 Å². The molecule has 144 valence electrons. The quantitative estimate of drug-likeness (QED) is 0.499. The minimum absolute atomic E-state index is 0.191. The number of hydrogen-bond acceptors (Lipinski definition) is 4. The first-order valence-corrected chi connectivity index (χ1v) is 9.61. The summed E-state index contributed by atoms with van der Waals surface area (Å²) in [7, 11) is 0. The molecule has 0 radical (unpaired) electrons. The van der Waals surface area contributed by atoms with E-state index in [1.54, 1.807) is 29.0 Å². The summed E-state index contributed by atoms with van der Waals surface area (Å²) in [5.74, 6) is 0.679. The van der Waals surface area contributed by atoms with Crippen molar-refractivity contribution in [1.82, 2.24) is 9.55 Å². The van der Waals surface area contributed by atoms with E-state index < -0.39 is 0 Å². The Labute approximate surface area is 173 Å². The van der Waals surface area contributed by atoms with Crippen molar-refractivity contribution >= 4 is 0 Å². The molecule has 0 spiro atoms. The number of hydrogen-bond donors (Lipinski definition) is 0. The maximum absolute atomic E-state index is 13.7. The molecule has 5 rings (SSSR count). The molecule has 3 heterocycles. The van der Waals surface area contributed by atoms with Crippen molar-refractivity contribution in [3.8, 4) is 39.9 Å². The van der Waals surface area contributed by atoms with Gasteiger partial charge in [-0.05, 0) is 43.3 Å². The molecular weight excluding hydrogens is 374 g/mol. The molecule has 2 aromatic carbocycles. The molecule has 0 unspecified atom stereocenters. The van der Waals surface area contributed by atoms with Crippen molar-refractivity contribution in [2.24, 2.45) is 0 Å². The Kier molecular flexibility index (Phi) is 4.19. The topological polar surface area (TPSA) is 67.9 Å². The van der Waals surface area contributed by atoms with E-state index in [0.29, 0.717) is 28.1 Å². The molecule has 5 nitrogen and oxygen atoms in total. The van der Waals surface area contributed by atoms with Crippen LogP contribution in [0.3, 0.4) is 0 Å². The van der Waals surface area contributed by atoms with Gasteiger partial charge in [0.15, 0.2) is 0 Å². The Morgan fingerprint density at radius 3 is 2.60 bits per heavy atom. The van der Waals surface area contributed by atoms with E-state index in [4.69, 9.17) is 4.74 Å². The lowest BCUT2D eigenvalue weighted by Gasteiger charge is -2.24. The largest absolute Gasteiger partial charge is 0.485 e. The fourth-order valence-electron chi connectivity index (χ4n) is 3.83. The normalized spacial score (nSPS) is 11.7. The first-order chi connectivity index (χ1) is 14.7. The molecule has 0 atom stereocenters. The van der Waals surface area contributed by atoms with Gasteiger partial charge in [-0.1, -0.05) is 35.9 Å². The van der Waals surface area contributed by atoms with E-state index in [1.807, 2.05) is 55.5 Å². The van der Waals surface area contributed by atoms with Crippen molar-refractivity contribution in [2.75, 3.05) is 0 Å². The summed E-state index contributed by atoms with van der Waals surface area (Å²) in [6.07, 6.45) is 1.71. The maximum atomic E-state index is 13.7. The van der Waals surface area contributed by atoms with Crippen molar-refractivity contribution in [3.63, 3.8) is 0 Å². The molecule has 2 aromatic heterocycles. The second-order valence-electron chi connectivity index (χ2n) is 7.19. The highest BCUT2D eigenvalue weighted by Gasteiger charge is 2.25. The summed E-state index contributed by atoms with van der Waals surface area (Å²) in [5, 5.41) is 9.59. The highest BCUT2D eigenvalue weighted by molar-refractivity contribution is 5.79. The monoisotopic (exact) mass is 391 g/mol. The number of nitriles is 1. The van der Waals surface area contributed by atoms with Gasteiger partial charge in [-0.3, -0.25) is 14.3 Å². The standard InChI is InChI=1S/C25H17N3O2/c1-16-8-10-18(11-9-16)28-22-15-30-23-7-4-12-27-24(23)21(22)13-20(25(28)29)19-6-3-2-5-17(19)14-26/h2-13H,15H2,1H3. The van der Waals surface area contributed by atoms with E-state index in [0.717, 1.165) is 22.5 Å². The van der Waals surface area contributed by atoms with Crippen molar-refractivity contribution in [3.05, 3.63) is 100 Å². The molecule has 0 aliphatic carbocycles. The number of aryl methyl sites for hydroxylation is 1. The lowest BCUT2D eigenvalue weighted by molar-refractivity contribution is 0.292. The van der Waals surface area contributed by atoms with Gasteiger partial charge in [0, 0.05) is 28.6 Å². The zero-order chi connectivity index (χ0) is 20.7. The Morgan fingerprint density at radius 2 is 1.80 bits per heavy atom. The van der Waals surface area contributed by atoms with Gasteiger partial charge in [-0.25, -0.2) is 0 Å². The van der Waals surface area contributed by atoms with Crippen molar-refractivity contribution < 1.29 is 4.74 Å². The summed E-state index contributed by atoms with van der Waals surface area (Å²) < 4.78 is 7.58. The van der Waals surface area contributed by atoms with E-state index in [-0.39, 0.29) is 12.2 Å². The fraction of sp³-hybridized carbons (Fsp3) is 0.0800. The second-order valence-corrected chi connectivity index (χ2v) is 7.19. The van der Waals surface area contributed by atoms with Crippen LogP contribution < -0.4 is 10.3 Å². The summed E-state index contributed by atoms with van der Waals surface area (Å²) in [4.78, 5) is 18.2. The number of pyridine rings is 2. The van der Waals surface area contributed by atoms with Crippen LogP contribution in [0, 0.1) is 18.3 Å². The minimum Gasteiger partial charge on any atom is -0.485 e. The van der Waals surface area contributed by atoms with Gasteiger partial charge in [0.1, 0.15) is 18.1 Å². The third kappa shape index (κ3) is 2.78. The van der Waals surface area contributed by atoms with Gasteiger partial charge in [-0.2, -0.15) is 5.26 Å². The van der Waals surface area contributed by atoms with E-state index in [1.165, 1.54) is 0 Å². The van der Waals surface area contributed by atoms with Crippen LogP contribution in [0.2, 0.25) is 0 Å². The average molecular weight is 391 g/mol. The molecule has 1 aliphatic heterocycles. The summed E-state index contributed by atoms with van der Waals surface area (Å²) in [5.41, 5.74) is 5.46. The Bertz CT molecular complexity index is 1380. The molecule has 0 fully saturated rings. The van der Waals surface area contributed by atoms with Crippen LogP contribution >= 0.6 is 0 Å². The minimum atomic E-state index is -0.191. The zero-order valence-corrected chi connectivity index (χ0v) is 16.3. The van der Waals surface area contributed by atoms with Crippen LogP contribution in [0.1, 0.15) is 16.8 Å². The molecule has 1 aliphatic rings. The predicted octanol–water partition coefficient (Wildman–Crippen LogP) is 4.64. The van der Waals surface area contributed by atoms with Crippen LogP contribution in [0.4, 0.5) is 0 Å². The number of benzene rings is 2. The van der Waals surface area contributed by atoms with E-state index in [2.05, 4.69) is 11.1 Å². The molecule has 5 heteroatoms. The van der Waals surface area contributed by atoms with Gasteiger partial charge in [0.05, 0.1) is 17.3 Å². The SMILES string of the molecule is Cc1ccc(-n2c3c(cc(-c4ccccc4C#N)c2=O)-c2ncccc2OC3)cc1. The van der Waals surface area contributed by atoms with E-state index >= 15 is 0 Å². The molecular formula is C25H17N3O2. The summed E-state index contributed by atoms with van der Waals surface area (Å²) >= 11 is 0. The molecule has 0 saturated carbocycles. The van der Waals surface area contributed by atoms with Crippen LogP contribution in [0.25, 0.3) is 28.1 Å². The van der Waals surface area contributed by atoms with Gasteiger partial charge in [0.25, 0.3) is 5.56 Å². The molecule has 0 saturated heterocycles. The van der Waals surface area contributed by atoms with Gasteiger partial charge < -0.3 is 4.74 Å². The van der Waals surface area contributed by atoms with Crippen LogP contribution in [0.5, 0.6) is 5.75 Å². The zero-order valence-electron chi connectivity index (χ0n) is 16.3. The number of ether oxygens (including phenoxy) is 1. The predicted molar refractivity (Wildman–Crippen MR) is 114 cm³/mol. The fourth-order valence-corrected chi connectivity index (χ4v) is 3.83. The van der Waals surface area contributed by atoms with E-state index in [9.17, 15) is 10.1 Å². The van der Waals surface area contributed by atoms with Crippen LogP contribution in [0.15, 0.2) is 77.7 Å². The highest BCUT2D eigenvalue weighted by Crippen LogP contribution is 2.37. The summed E-state index contributed by atoms with van der Waals surface area (Å²) in [6.45, 7) is 2.27. The third-order valence-electron chi connectivity index (χ3n) is 5.32. The number of fused-ring (bicyclic) bond motifs is 3. The van der Waals surface area contributed by atoms with Crippen molar-refractivity contribution in [1.29, 1.82) is 5.26 Å². The molecule has 4 aromatic rings. The van der Waals surface area contributed by atoms with Gasteiger partial charge in [0.2, 0.25) is 0 Å². The van der Waals surface area contributed by atoms with Crippen molar-refractivity contribution in [2.45, 2.75) is 13.5 Å². The second kappa shape index (κ2) is 7.02. The Hall–Kier alpha value is -4.17. The maximum Gasteiger partial charge on any atom is 0.263 e. The number of nitrogens with zero attached hydrogens (tertiary/aromatic N) is 3. The molecule has 30 heavy (non-hydrogen) atoms. The average Bonchev–Trinajstić information content (AvgIpc) is 2.79.